The highest BCUT2D eigenvalue weighted by Gasteiger charge is 2.28. The van der Waals surface area contributed by atoms with Crippen molar-refractivity contribution in [2.75, 3.05) is 0 Å². The molecule has 0 radical (unpaired) electrons. The highest BCUT2D eigenvalue weighted by atomic mass is 19.1. The van der Waals surface area contributed by atoms with Gasteiger partial charge >= 0.3 is 12.1 Å². The number of nitrogens with one attached hydrogen (secondary N) is 1. The summed E-state index contributed by atoms with van der Waals surface area (Å²) in [5.74, 6) is -0.360. The fraction of sp³-hybridized carbons (Fsp3) is 0.619. The minimum absolute atomic E-state index is 0.275. The number of hydrogen-bond donors (Lipinski definition) is 1. The van der Waals surface area contributed by atoms with Gasteiger partial charge in [-0.3, -0.25) is 0 Å². The molecule has 0 fully saturated rings. The Morgan fingerprint density at radius 2 is 1.79 bits per heavy atom. The van der Waals surface area contributed by atoms with Gasteiger partial charge in [-0.15, -0.1) is 0 Å². The minimum Gasteiger partial charge on any atom is -0.486 e. The lowest BCUT2D eigenvalue weighted by atomic mass is 10.0. The Morgan fingerprint density at radius 3 is 2.32 bits per heavy atom. The van der Waals surface area contributed by atoms with Crippen molar-refractivity contribution in [2.45, 2.75) is 78.7 Å². The second kappa shape index (κ2) is 10.3. The number of hydrogen-bond acceptors (Lipinski definition) is 5. The van der Waals surface area contributed by atoms with E-state index in [1.807, 2.05) is 13.8 Å². The van der Waals surface area contributed by atoms with E-state index in [9.17, 15) is 14.0 Å². The van der Waals surface area contributed by atoms with Gasteiger partial charge in [0.1, 0.15) is 35.4 Å². The summed E-state index contributed by atoms with van der Waals surface area (Å²) in [7, 11) is 0. The zero-order valence-corrected chi connectivity index (χ0v) is 17.7. The van der Waals surface area contributed by atoms with Crippen LogP contribution in [-0.4, -0.2) is 35.9 Å². The number of rotatable bonds is 8. The molecule has 6 nitrogen and oxygen atoms in total. The molecule has 158 valence electrons. The molecule has 0 aliphatic heterocycles. The molecule has 0 heterocycles. The largest absolute Gasteiger partial charge is 0.486 e. The molecule has 1 aromatic carbocycles. The first kappa shape index (κ1) is 23.7. The first-order valence-corrected chi connectivity index (χ1v) is 9.49. The lowest BCUT2D eigenvalue weighted by Crippen LogP contribution is -2.45. The second-order valence-electron chi connectivity index (χ2n) is 8.25. The third-order valence-corrected chi connectivity index (χ3v) is 3.70. The molecule has 1 aromatic rings. The van der Waals surface area contributed by atoms with Crippen molar-refractivity contribution < 1.29 is 28.2 Å². The van der Waals surface area contributed by atoms with Crippen molar-refractivity contribution in [1.82, 2.24) is 5.32 Å². The lowest BCUT2D eigenvalue weighted by Gasteiger charge is -2.28. The van der Waals surface area contributed by atoms with Crippen LogP contribution in [0.1, 0.15) is 54.9 Å². The van der Waals surface area contributed by atoms with E-state index in [0.717, 1.165) is 0 Å². The number of benzene rings is 1. The maximum Gasteiger partial charge on any atom is 0.408 e. The molecule has 0 unspecified atom stereocenters. The third-order valence-electron chi connectivity index (χ3n) is 3.70. The third kappa shape index (κ3) is 9.06. The number of carbonyl (C=O) groups is 2. The zero-order valence-electron chi connectivity index (χ0n) is 17.7. The molecule has 0 saturated carbocycles. The van der Waals surface area contributed by atoms with Gasteiger partial charge in [-0.25, -0.2) is 14.0 Å². The quantitative estimate of drug-likeness (QED) is 0.656. The van der Waals surface area contributed by atoms with E-state index < -0.39 is 41.7 Å². The SMILES string of the molecule is CC(C)C[C@@H](Oc1cccc(F)c1)[C@H](C)OC(=O)[C@H](C)NC(=O)OC(C)(C)C. The van der Waals surface area contributed by atoms with Gasteiger partial charge in [-0.2, -0.15) is 0 Å². The van der Waals surface area contributed by atoms with Crippen LogP contribution in [0.3, 0.4) is 0 Å². The lowest BCUT2D eigenvalue weighted by molar-refractivity contribution is -0.155. The van der Waals surface area contributed by atoms with Gasteiger partial charge in [-0.1, -0.05) is 19.9 Å². The topological polar surface area (TPSA) is 73.9 Å². The fourth-order valence-electron chi connectivity index (χ4n) is 2.42. The maximum absolute atomic E-state index is 13.4. The summed E-state index contributed by atoms with van der Waals surface area (Å²) in [5, 5.41) is 2.45. The van der Waals surface area contributed by atoms with Crippen LogP contribution in [0.25, 0.3) is 0 Å². The Bertz CT molecular complexity index is 656. The van der Waals surface area contributed by atoms with Gasteiger partial charge in [0, 0.05) is 6.07 Å². The van der Waals surface area contributed by atoms with E-state index in [-0.39, 0.29) is 5.92 Å². The van der Waals surface area contributed by atoms with E-state index >= 15 is 0 Å². The number of alkyl carbamates (subject to hydrolysis) is 1. The first-order valence-electron chi connectivity index (χ1n) is 9.49. The molecule has 0 spiro atoms. The Labute approximate surface area is 166 Å². The van der Waals surface area contributed by atoms with Crippen molar-refractivity contribution in [3.05, 3.63) is 30.1 Å². The monoisotopic (exact) mass is 397 g/mol. The molecule has 0 aliphatic carbocycles. The molecular weight excluding hydrogens is 365 g/mol. The van der Waals surface area contributed by atoms with E-state index in [0.29, 0.717) is 12.2 Å². The molecule has 28 heavy (non-hydrogen) atoms. The van der Waals surface area contributed by atoms with Crippen molar-refractivity contribution >= 4 is 12.1 Å². The fourth-order valence-corrected chi connectivity index (χ4v) is 2.42. The van der Waals surface area contributed by atoms with Crippen LogP contribution in [0.5, 0.6) is 5.75 Å². The van der Waals surface area contributed by atoms with Gasteiger partial charge in [0.25, 0.3) is 0 Å². The standard InChI is InChI=1S/C21H32FNO5/c1-13(2)11-18(27-17-10-8-9-16(22)12-17)15(4)26-19(24)14(3)23-20(25)28-21(5,6)7/h8-10,12-15,18H,11H2,1-7H3,(H,23,25)/t14-,15-,18+/m0/s1. The summed E-state index contributed by atoms with van der Waals surface area (Å²) >= 11 is 0. The second-order valence-corrected chi connectivity index (χ2v) is 8.25. The van der Waals surface area contributed by atoms with Gasteiger partial charge in [0.15, 0.2) is 0 Å². The Hall–Kier alpha value is -2.31. The summed E-state index contributed by atoms with van der Waals surface area (Å²) < 4.78 is 29.9. The number of halogens is 1. The highest BCUT2D eigenvalue weighted by Crippen LogP contribution is 2.21. The number of carbonyl (C=O) groups excluding carboxylic acids is 2. The molecule has 0 bridgehead atoms. The summed E-state index contributed by atoms with van der Waals surface area (Å²) in [6, 6.07) is 4.94. The zero-order chi connectivity index (χ0) is 21.5. The van der Waals surface area contributed by atoms with Crippen LogP contribution in [-0.2, 0) is 14.3 Å². The van der Waals surface area contributed by atoms with E-state index in [1.165, 1.54) is 19.1 Å². The van der Waals surface area contributed by atoms with Crippen LogP contribution >= 0.6 is 0 Å². The molecule has 1 amide bonds. The van der Waals surface area contributed by atoms with Crippen LogP contribution in [0, 0.1) is 11.7 Å². The Kier molecular flexibility index (Phi) is 8.72. The minimum atomic E-state index is -0.883. The van der Waals surface area contributed by atoms with Crippen LogP contribution in [0.4, 0.5) is 9.18 Å². The predicted molar refractivity (Wildman–Crippen MR) is 105 cm³/mol. The Balaban J connectivity index is 2.71. The van der Waals surface area contributed by atoms with Gasteiger partial charge in [0.05, 0.1) is 0 Å². The maximum atomic E-state index is 13.4. The van der Waals surface area contributed by atoms with Crippen molar-refractivity contribution in [1.29, 1.82) is 0 Å². The molecule has 3 atom stereocenters. The molecule has 0 aromatic heterocycles. The first-order chi connectivity index (χ1) is 12.9. The molecule has 1 N–H and O–H groups in total. The summed E-state index contributed by atoms with van der Waals surface area (Å²) in [6.07, 6.45) is -1.14. The van der Waals surface area contributed by atoms with Gasteiger partial charge in [0.2, 0.25) is 0 Å². The van der Waals surface area contributed by atoms with E-state index in [1.54, 1.807) is 39.8 Å². The van der Waals surface area contributed by atoms with Crippen molar-refractivity contribution in [3.8, 4) is 5.75 Å². The van der Waals surface area contributed by atoms with Gasteiger partial charge in [-0.05, 0) is 59.1 Å². The summed E-state index contributed by atoms with van der Waals surface area (Å²) in [4.78, 5) is 24.2. The average molecular weight is 397 g/mol. The van der Waals surface area contributed by atoms with E-state index in [4.69, 9.17) is 14.2 Å². The van der Waals surface area contributed by atoms with E-state index in [2.05, 4.69) is 5.32 Å². The van der Waals surface area contributed by atoms with Crippen molar-refractivity contribution in [3.63, 3.8) is 0 Å². The number of amides is 1. The molecule has 0 aliphatic rings. The van der Waals surface area contributed by atoms with Crippen LogP contribution in [0.2, 0.25) is 0 Å². The molecule has 7 heteroatoms. The Morgan fingerprint density at radius 1 is 1.14 bits per heavy atom. The van der Waals surface area contributed by atoms with Gasteiger partial charge < -0.3 is 19.5 Å². The summed E-state index contributed by atoms with van der Waals surface area (Å²) in [5.41, 5.74) is -0.665. The predicted octanol–water partition coefficient (Wildman–Crippen LogP) is 4.46. The highest BCUT2D eigenvalue weighted by molar-refractivity contribution is 5.81. The van der Waals surface area contributed by atoms with Crippen LogP contribution in [0.15, 0.2) is 24.3 Å². The molecule has 0 saturated heterocycles. The molecule has 1 rings (SSSR count). The number of ether oxygens (including phenoxy) is 3. The van der Waals surface area contributed by atoms with Crippen LogP contribution < -0.4 is 10.1 Å². The average Bonchev–Trinajstić information content (AvgIpc) is 2.51. The number of esters is 1. The molecular formula is C21H32FNO5. The normalized spacial score (nSPS) is 14.8. The smallest absolute Gasteiger partial charge is 0.408 e. The summed E-state index contributed by atoms with van der Waals surface area (Å²) in [6.45, 7) is 12.5. The van der Waals surface area contributed by atoms with Crippen molar-refractivity contribution in [2.24, 2.45) is 5.92 Å².